The van der Waals surface area contributed by atoms with Crippen molar-refractivity contribution in [3.05, 3.63) is 175 Å². The molecule has 0 heterocycles. The summed E-state index contributed by atoms with van der Waals surface area (Å²) in [5.41, 5.74) is 16.4. The lowest BCUT2D eigenvalue weighted by Crippen LogP contribution is -1.93. The lowest BCUT2D eigenvalue weighted by Gasteiger charge is -2.20. The molecule has 0 atom stereocenters. The highest BCUT2D eigenvalue weighted by Gasteiger charge is 2.32. The SMILES string of the molecule is C=Cc1ccc(-c2ccc3c4c(ccc(-c5ccc(C#N)cc5)c24)-c2c-3c(-c3ccccc3)c3ccccc3c2-c2ccccc2)cc1. The molecule has 0 saturated heterocycles. The Morgan fingerprint density at radius 1 is 0.396 bits per heavy atom. The normalized spacial score (nSPS) is 11.4. The maximum atomic E-state index is 9.55. The quantitative estimate of drug-likeness (QED) is 0.191. The van der Waals surface area contributed by atoms with E-state index in [0.717, 1.165) is 22.3 Å². The van der Waals surface area contributed by atoms with Gasteiger partial charge in [0.15, 0.2) is 0 Å². The molecule has 1 nitrogen and oxygen atoms in total. The predicted octanol–water partition coefficient (Wildman–Crippen LogP) is 12.8. The van der Waals surface area contributed by atoms with Crippen molar-refractivity contribution in [3.8, 4) is 72.8 Å². The zero-order chi connectivity index (χ0) is 32.2. The minimum atomic E-state index is 0.656. The lowest BCUT2D eigenvalue weighted by atomic mass is 9.82. The van der Waals surface area contributed by atoms with Crippen LogP contribution >= 0.6 is 0 Å². The summed E-state index contributed by atoms with van der Waals surface area (Å²) in [4.78, 5) is 0. The Kier molecular flexibility index (Phi) is 6.42. The number of fused-ring (bicyclic) bond motifs is 4. The molecule has 0 saturated carbocycles. The third-order valence-corrected chi connectivity index (χ3v) is 9.82. The van der Waals surface area contributed by atoms with Gasteiger partial charge in [-0.2, -0.15) is 5.26 Å². The fourth-order valence-corrected chi connectivity index (χ4v) is 7.70. The molecule has 0 amide bonds. The molecular formula is C47H29N. The van der Waals surface area contributed by atoms with Crippen LogP contribution in [0.2, 0.25) is 0 Å². The van der Waals surface area contributed by atoms with Crippen molar-refractivity contribution in [1.82, 2.24) is 0 Å². The first-order valence-corrected chi connectivity index (χ1v) is 16.3. The van der Waals surface area contributed by atoms with E-state index in [1.165, 1.54) is 71.6 Å². The van der Waals surface area contributed by atoms with E-state index in [0.29, 0.717) is 5.56 Å². The zero-order valence-corrected chi connectivity index (χ0v) is 26.2. The van der Waals surface area contributed by atoms with Gasteiger partial charge in [-0.15, -0.1) is 0 Å². The van der Waals surface area contributed by atoms with Crippen molar-refractivity contribution < 1.29 is 0 Å². The highest BCUT2D eigenvalue weighted by atomic mass is 14.3. The number of nitriles is 1. The molecule has 9 rings (SSSR count). The van der Waals surface area contributed by atoms with Gasteiger partial charge in [0.25, 0.3) is 0 Å². The van der Waals surface area contributed by atoms with E-state index >= 15 is 0 Å². The van der Waals surface area contributed by atoms with Gasteiger partial charge in [0, 0.05) is 0 Å². The van der Waals surface area contributed by atoms with Crippen LogP contribution in [0.4, 0.5) is 0 Å². The third kappa shape index (κ3) is 4.17. The van der Waals surface area contributed by atoms with Crippen molar-refractivity contribution in [1.29, 1.82) is 5.26 Å². The molecule has 222 valence electrons. The fraction of sp³-hybridized carbons (Fsp3) is 0. The van der Waals surface area contributed by atoms with E-state index in [4.69, 9.17) is 0 Å². The van der Waals surface area contributed by atoms with E-state index in [9.17, 15) is 5.26 Å². The topological polar surface area (TPSA) is 23.8 Å². The average molecular weight is 608 g/mol. The standard InChI is InChI=1S/C47H29N/c1-2-30-17-21-32(22-18-30)36-25-27-40-45-41(28-26-37(44(36)45)33-23-19-31(29-48)20-24-33)47-43(35-13-7-4-8-14-35)39-16-10-9-15-38(39)42(46(40)47)34-11-5-3-6-12-34/h2-28H,1H2. The second-order valence-corrected chi connectivity index (χ2v) is 12.4. The van der Waals surface area contributed by atoms with Gasteiger partial charge in [0.2, 0.25) is 0 Å². The molecular weight excluding hydrogens is 579 g/mol. The minimum Gasteiger partial charge on any atom is -0.192 e. The second kappa shape index (κ2) is 11.1. The first kappa shape index (κ1) is 27.8. The molecule has 8 aromatic carbocycles. The number of rotatable bonds is 5. The Morgan fingerprint density at radius 3 is 1.27 bits per heavy atom. The van der Waals surface area contributed by atoms with E-state index in [2.05, 4.69) is 158 Å². The van der Waals surface area contributed by atoms with Crippen molar-refractivity contribution in [2.45, 2.75) is 0 Å². The van der Waals surface area contributed by atoms with Crippen LogP contribution in [0.15, 0.2) is 164 Å². The molecule has 48 heavy (non-hydrogen) atoms. The molecule has 0 fully saturated rings. The van der Waals surface area contributed by atoms with Crippen LogP contribution in [-0.4, -0.2) is 0 Å². The van der Waals surface area contributed by atoms with Crippen LogP contribution in [0, 0.1) is 11.3 Å². The highest BCUT2D eigenvalue weighted by Crippen LogP contribution is 2.59. The Bertz CT molecular complexity index is 2490. The van der Waals surface area contributed by atoms with Crippen molar-refractivity contribution in [2.24, 2.45) is 0 Å². The van der Waals surface area contributed by atoms with Gasteiger partial charge in [-0.05, 0) is 106 Å². The summed E-state index contributed by atoms with van der Waals surface area (Å²) in [6, 6.07) is 58.8. The summed E-state index contributed by atoms with van der Waals surface area (Å²) in [5.74, 6) is 0. The van der Waals surface area contributed by atoms with Gasteiger partial charge in [-0.3, -0.25) is 0 Å². The lowest BCUT2D eigenvalue weighted by molar-refractivity contribution is 1.48. The van der Waals surface area contributed by atoms with Gasteiger partial charge in [-0.25, -0.2) is 0 Å². The molecule has 0 radical (unpaired) electrons. The Labute approximate surface area is 280 Å². The number of hydrogen-bond acceptors (Lipinski definition) is 1. The van der Waals surface area contributed by atoms with Crippen LogP contribution in [0.1, 0.15) is 11.1 Å². The highest BCUT2D eigenvalue weighted by molar-refractivity contribution is 6.30. The number of hydrogen-bond donors (Lipinski definition) is 0. The van der Waals surface area contributed by atoms with Crippen molar-refractivity contribution in [3.63, 3.8) is 0 Å². The van der Waals surface area contributed by atoms with E-state index in [1.807, 2.05) is 18.2 Å². The van der Waals surface area contributed by atoms with Crippen LogP contribution in [0.5, 0.6) is 0 Å². The van der Waals surface area contributed by atoms with Gasteiger partial charge < -0.3 is 0 Å². The number of nitrogens with zero attached hydrogens (tertiary/aromatic N) is 1. The van der Waals surface area contributed by atoms with E-state index < -0.39 is 0 Å². The maximum absolute atomic E-state index is 9.55. The average Bonchev–Trinajstić information content (AvgIpc) is 3.49. The molecule has 8 aromatic rings. The molecule has 1 aliphatic rings. The maximum Gasteiger partial charge on any atom is 0.0991 e. The van der Waals surface area contributed by atoms with Crippen LogP contribution in [0.25, 0.3) is 94.4 Å². The predicted molar refractivity (Wildman–Crippen MR) is 202 cm³/mol. The van der Waals surface area contributed by atoms with E-state index in [1.54, 1.807) is 0 Å². The van der Waals surface area contributed by atoms with Crippen molar-refractivity contribution in [2.75, 3.05) is 0 Å². The summed E-state index contributed by atoms with van der Waals surface area (Å²) < 4.78 is 0. The third-order valence-electron chi connectivity index (χ3n) is 9.82. The summed E-state index contributed by atoms with van der Waals surface area (Å²) in [5, 5.41) is 14.5. The molecule has 1 heteroatoms. The van der Waals surface area contributed by atoms with Crippen molar-refractivity contribution >= 4 is 27.6 Å². The van der Waals surface area contributed by atoms with Gasteiger partial charge in [0.05, 0.1) is 11.6 Å². The first-order valence-electron chi connectivity index (χ1n) is 16.3. The Balaban J connectivity index is 1.47. The molecule has 0 bridgehead atoms. The molecule has 0 aromatic heterocycles. The van der Waals surface area contributed by atoms with Gasteiger partial charge >= 0.3 is 0 Å². The molecule has 0 spiro atoms. The molecule has 0 aliphatic heterocycles. The smallest absolute Gasteiger partial charge is 0.0991 e. The minimum absolute atomic E-state index is 0.656. The summed E-state index contributed by atoms with van der Waals surface area (Å²) in [6.45, 7) is 3.97. The zero-order valence-electron chi connectivity index (χ0n) is 26.2. The van der Waals surface area contributed by atoms with Crippen LogP contribution < -0.4 is 0 Å². The molecule has 0 N–H and O–H groups in total. The summed E-state index contributed by atoms with van der Waals surface area (Å²) in [7, 11) is 0. The Hall–Kier alpha value is -6.49. The van der Waals surface area contributed by atoms with Crippen LogP contribution in [-0.2, 0) is 0 Å². The Morgan fingerprint density at radius 2 is 0.812 bits per heavy atom. The molecule has 0 unspecified atom stereocenters. The van der Waals surface area contributed by atoms with E-state index in [-0.39, 0.29) is 0 Å². The van der Waals surface area contributed by atoms with Crippen LogP contribution in [0.3, 0.4) is 0 Å². The first-order chi connectivity index (χ1) is 23.7. The summed E-state index contributed by atoms with van der Waals surface area (Å²) >= 11 is 0. The second-order valence-electron chi connectivity index (χ2n) is 12.4. The monoisotopic (exact) mass is 607 g/mol. The number of benzene rings is 8. The summed E-state index contributed by atoms with van der Waals surface area (Å²) in [6.07, 6.45) is 1.89. The fourth-order valence-electron chi connectivity index (χ4n) is 7.70. The van der Waals surface area contributed by atoms with Gasteiger partial charge in [0.1, 0.15) is 0 Å². The van der Waals surface area contributed by atoms with Gasteiger partial charge in [-0.1, -0.05) is 158 Å². The largest absolute Gasteiger partial charge is 0.192 e. The molecule has 1 aliphatic carbocycles.